The number of halogens is 1. The van der Waals surface area contributed by atoms with Crippen LogP contribution in [0.5, 0.6) is 0 Å². The zero-order valence-corrected chi connectivity index (χ0v) is 12.6. The summed E-state index contributed by atoms with van der Waals surface area (Å²) in [4.78, 5) is 15.7. The van der Waals surface area contributed by atoms with Crippen molar-refractivity contribution in [1.82, 2.24) is 4.98 Å². The lowest BCUT2D eigenvalue weighted by Crippen LogP contribution is -2.03. The molecule has 0 atom stereocenters. The number of aromatic nitrogens is 1. The number of hydrogen-bond donors (Lipinski definition) is 2. The Labute approximate surface area is 132 Å². The van der Waals surface area contributed by atoms with Crippen molar-refractivity contribution in [1.29, 1.82) is 0 Å². The van der Waals surface area contributed by atoms with Crippen LogP contribution >= 0.6 is 11.6 Å². The van der Waals surface area contributed by atoms with Gasteiger partial charge in [-0.15, -0.1) is 0 Å². The Morgan fingerprint density at radius 1 is 1.14 bits per heavy atom. The molecule has 0 aliphatic carbocycles. The van der Waals surface area contributed by atoms with Gasteiger partial charge < -0.3 is 10.4 Å². The predicted molar refractivity (Wildman–Crippen MR) is 88.2 cm³/mol. The van der Waals surface area contributed by atoms with Crippen molar-refractivity contribution in [3.8, 4) is 0 Å². The monoisotopic (exact) mass is 312 g/mol. The largest absolute Gasteiger partial charge is 0.478 e. The fourth-order valence-corrected chi connectivity index (χ4v) is 2.52. The standard InChI is InChI=1S/C17H13ClN2O2/c1-10-13(18)7-6-11-15(8-9-19-16(10)11)20-14-5-3-2-4-12(14)17(21)22/h2-9H,1H3,(H,19,20)(H,21,22). The van der Waals surface area contributed by atoms with Crippen molar-refractivity contribution >= 4 is 39.8 Å². The van der Waals surface area contributed by atoms with Gasteiger partial charge in [0.1, 0.15) is 0 Å². The summed E-state index contributed by atoms with van der Waals surface area (Å²) in [5.74, 6) is -0.972. The van der Waals surface area contributed by atoms with E-state index in [9.17, 15) is 9.90 Å². The van der Waals surface area contributed by atoms with Crippen LogP contribution in [0.25, 0.3) is 10.9 Å². The summed E-state index contributed by atoms with van der Waals surface area (Å²) in [6.07, 6.45) is 1.68. The van der Waals surface area contributed by atoms with Crippen molar-refractivity contribution in [3.05, 3.63) is 64.8 Å². The van der Waals surface area contributed by atoms with Crippen LogP contribution in [0.3, 0.4) is 0 Å². The van der Waals surface area contributed by atoms with Crippen LogP contribution in [0, 0.1) is 6.92 Å². The minimum atomic E-state index is -0.972. The molecule has 0 bridgehead atoms. The lowest BCUT2D eigenvalue weighted by molar-refractivity contribution is 0.0698. The summed E-state index contributed by atoms with van der Waals surface area (Å²) in [5.41, 5.74) is 3.24. The fraction of sp³-hybridized carbons (Fsp3) is 0.0588. The highest BCUT2D eigenvalue weighted by atomic mass is 35.5. The first-order chi connectivity index (χ1) is 10.6. The van der Waals surface area contributed by atoms with Gasteiger partial charge in [0.2, 0.25) is 0 Å². The zero-order chi connectivity index (χ0) is 15.7. The molecular weight excluding hydrogens is 300 g/mol. The number of nitrogens with zero attached hydrogens (tertiary/aromatic N) is 1. The second kappa shape index (κ2) is 5.66. The van der Waals surface area contributed by atoms with Gasteiger partial charge in [0, 0.05) is 22.3 Å². The Morgan fingerprint density at radius 2 is 1.91 bits per heavy atom. The number of aromatic carboxylic acids is 1. The number of anilines is 2. The van der Waals surface area contributed by atoms with Crippen LogP contribution in [0.15, 0.2) is 48.7 Å². The molecule has 0 aliphatic rings. The summed E-state index contributed by atoms with van der Waals surface area (Å²) in [6, 6.07) is 12.3. The van der Waals surface area contributed by atoms with Crippen LogP contribution in [-0.2, 0) is 0 Å². The number of fused-ring (bicyclic) bond motifs is 1. The SMILES string of the molecule is Cc1c(Cl)ccc2c(Nc3ccccc3C(=O)O)ccnc12. The Morgan fingerprint density at radius 3 is 2.68 bits per heavy atom. The van der Waals surface area contributed by atoms with Crippen molar-refractivity contribution < 1.29 is 9.90 Å². The maximum atomic E-state index is 11.3. The quantitative estimate of drug-likeness (QED) is 0.739. The zero-order valence-electron chi connectivity index (χ0n) is 11.8. The third-order valence-corrected chi connectivity index (χ3v) is 3.94. The van der Waals surface area contributed by atoms with Gasteiger partial charge in [0.25, 0.3) is 0 Å². The van der Waals surface area contributed by atoms with Crippen LogP contribution in [0.2, 0.25) is 5.02 Å². The van der Waals surface area contributed by atoms with Crippen LogP contribution in [-0.4, -0.2) is 16.1 Å². The molecule has 3 rings (SSSR count). The molecule has 0 saturated carbocycles. The molecule has 0 unspecified atom stereocenters. The van der Waals surface area contributed by atoms with Gasteiger partial charge >= 0.3 is 5.97 Å². The molecule has 2 aromatic carbocycles. The fourth-order valence-electron chi connectivity index (χ4n) is 2.37. The Kier molecular flexibility index (Phi) is 3.69. The molecule has 2 N–H and O–H groups in total. The molecule has 0 aliphatic heterocycles. The molecular formula is C17H13ClN2O2. The maximum absolute atomic E-state index is 11.3. The maximum Gasteiger partial charge on any atom is 0.337 e. The minimum absolute atomic E-state index is 0.221. The van der Waals surface area contributed by atoms with E-state index in [1.807, 2.05) is 25.1 Å². The van der Waals surface area contributed by atoms with Crippen molar-refractivity contribution in [2.75, 3.05) is 5.32 Å². The first-order valence-electron chi connectivity index (χ1n) is 6.71. The highest BCUT2D eigenvalue weighted by molar-refractivity contribution is 6.32. The third-order valence-electron chi connectivity index (χ3n) is 3.53. The number of benzene rings is 2. The molecule has 0 spiro atoms. The molecule has 0 fully saturated rings. The summed E-state index contributed by atoms with van der Waals surface area (Å²) in [7, 11) is 0. The van der Waals surface area contributed by atoms with E-state index in [1.54, 1.807) is 30.5 Å². The summed E-state index contributed by atoms with van der Waals surface area (Å²) >= 11 is 6.13. The highest BCUT2D eigenvalue weighted by Gasteiger charge is 2.11. The lowest BCUT2D eigenvalue weighted by Gasteiger charge is -2.13. The van der Waals surface area contributed by atoms with E-state index in [0.29, 0.717) is 10.7 Å². The van der Waals surface area contributed by atoms with Crippen LogP contribution < -0.4 is 5.32 Å². The predicted octanol–water partition coefficient (Wildman–Crippen LogP) is 4.64. The van der Waals surface area contributed by atoms with E-state index in [1.165, 1.54) is 0 Å². The Balaban J connectivity index is 2.13. The topological polar surface area (TPSA) is 62.2 Å². The van der Waals surface area contributed by atoms with Gasteiger partial charge in [-0.1, -0.05) is 23.7 Å². The van der Waals surface area contributed by atoms with Gasteiger partial charge in [-0.2, -0.15) is 0 Å². The normalized spacial score (nSPS) is 10.6. The van der Waals surface area contributed by atoms with E-state index in [-0.39, 0.29) is 5.56 Å². The number of carboxylic acids is 1. The highest BCUT2D eigenvalue weighted by Crippen LogP contribution is 2.31. The molecule has 110 valence electrons. The van der Waals surface area contributed by atoms with Gasteiger partial charge in [-0.05, 0) is 42.8 Å². The summed E-state index contributed by atoms with van der Waals surface area (Å²) < 4.78 is 0. The first-order valence-corrected chi connectivity index (χ1v) is 7.09. The lowest BCUT2D eigenvalue weighted by atomic mass is 10.1. The average molecular weight is 313 g/mol. The van der Waals surface area contributed by atoms with Gasteiger partial charge in [-0.3, -0.25) is 4.98 Å². The van der Waals surface area contributed by atoms with Crippen molar-refractivity contribution in [2.45, 2.75) is 6.92 Å². The summed E-state index contributed by atoms with van der Waals surface area (Å²) in [6.45, 7) is 1.91. The van der Waals surface area contributed by atoms with Gasteiger partial charge in [-0.25, -0.2) is 4.79 Å². The molecule has 1 aromatic heterocycles. The molecule has 0 saturated heterocycles. The number of para-hydroxylation sites is 1. The Hall–Kier alpha value is -2.59. The molecule has 1 heterocycles. The Bertz CT molecular complexity index is 878. The third kappa shape index (κ3) is 2.49. The van der Waals surface area contributed by atoms with E-state index >= 15 is 0 Å². The van der Waals surface area contributed by atoms with Crippen LogP contribution in [0.1, 0.15) is 15.9 Å². The molecule has 22 heavy (non-hydrogen) atoms. The summed E-state index contributed by atoms with van der Waals surface area (Å²) in [5, 5.41) is 14.0. The number of carboxylic acid groups (broad SMARTS) is 1. The molecule has 0 radical (unpaired) electrons. The second-order valence-corrected chi connectivity index (χ2v) is 5.31. The van der Waals surface area contributed by atoms with E-state index in [0.717, 1.165) is 22.2 Å². The number of aryl methyl sites for hydroxylation is 1. The molecule has 5 heteroatoms. The average Bonchev–Trinajstić information content (AvgIpc) is 2.52. The van der Waals surface area contributed by atoms with E-state index < -0.39 is 5.97 Å². The smallest absolute Gasteiger partial charge is 0.337 e. The number of carbonyl (C=O) groups is 1. The van der Waals surface area contributed by atoms with Crippen LogP contribution in [0.4, 0.5) is 11.4 Å². The van der Waals surface area contributed by atoms with E-state index in [2.05, 4.69) is 10.3 Å². The number of nitrogens with one attached hydrogen (secondary N) is 1. The number of pyridine rings is 1. The first kappa shape index (κ1) is 14.4. The minimum Gasteiger partial charge on any atom is -0.478 e. The molecule has 3 aromatic rings. The molecule has 4 nitrogen and oxygen atoms in total. The second-order valence-electron chi connectivity index (χ2n) is 4.90. The van der Waals surface area contributed by atoms with E-state index in [4.69, 9.17) is 11.6 Å². The number of hydrogen-bond acceptors (Lipinski definition) is 3. The van der Waals surface area contributed by atoms with Gasteiger partial charge in [0.15, 0.2) is 0 Å². The number of rotatable bonds is 3. The van der Waals surface area contributed by atoms with Crippen molar-refractivity contribution in [2.24, 2.45) is 0 Å². The van der Waals surface area contributed by atoms with Crippen molar-refractivity contribution in [3.63, 3.8) is 0 Å². The molecule has 0 amide bonds. The van der Waals surface area contributed by atoms with Gasteiger partial charge in [0.05, 0.1) is 16.8 Å².